The first-order chi connectivity index (χ1) is 8.67. The van der Waals surface area contributed by atoms with Gasteiger partial charge in [-0.05, 0) is 63.6 Å². The maximum absolute atomic E-state index is 3.65. The molecule has 0 radical (unpaired) electrons. The van der Waals surface area contributed by atoms with E-state index in [0.717, 1.165) is 17.9 Å². The summed E-state index contributed by atoms with van der Waals surface area (Å²) in [5.41, 5.74) is 0. The molecule has 0 saturated carbocycles. The summed E-state index contributed by atoms with van der Waals surface area (Å²) in [6.07, 6.45) is 6.65. The summed E-state index contributed by atoms with van der Waals surface area (Å²) in [6.45, 7) is 14.5. The van der Waals surface area contributed by atoms with E-state index in [-0.39, 0.29) is 0 Å². The zero-order chi connectivity index (χ0) is 13.4. The van der Waals surface area contributed by atoms with Gasteiger partial charge in [-0.1, -0.05) is 27.7 Å². The van der Waals surface area contributed by atoms with Crippen molar-refractivity contribution in [2.24, 2.45) is 11.8 Å². The molecule has 0 amide bonds. The number of nitrogens with zero attached hydrogens (tertiary/aromatic N) is 1. The van der Waals surface area contributed by atoms with Crippen molar-refractivity contribution >= 4 is 0 Å². The summed E-state index contributed by atoms with van der Waals surface area (Å²) in [4.78, 5) is 2.68. The highest BCUT2D eigenvalue weighted by Crippen LogP contribution is 2.23. The van der Waals surface area contributed by atoms with Gasteiger partial charge in [-0.3, -0.25) is 0 Å². The highest BCUT2D eigenvalue weighted by atomic mass is 15.1. The summed E-state index contributed by atoms with van der Waals surface area (Å²) >= 11 is 0. The molecule has 1 saturated heterocycles. The Bertz CT molecular complexity index is 203. The molecule has 0 spiro atoms. The standard InChI is InChI=1S/C16H34N2/c1-5-10-17-16(6-2)8-7-11-18-12-9-15(13-18)14(3)4/h14-17H,5-13H2,1-4H3. The van der Waals surface area contributed by atoms with Crippen molar-refractivity contribution in [3.8, 4) is 0 Å². The van der Waals surface area contributed by atoms with Gasteiger partial charge in [0.05, 0.1) is 0 Å². The third-order valence-corrected chi connectivity index (χ3v) is 4.45. The zero-order valence-corrected chi connectivity index (χ0v) is 13.0. The molecule has 1 heterocycles. The first-order valence-corrected chi connectivity index (χ1v) is 8.13. The van der Waals surface area contributed by atoms with Gasteiger partial charge in [0.25, 0.3) is 0 Å². The molecule has 0 aromatic carbocycles. The van der Waals surface area contributed by atoms with Crippen LogP contribution in [0.5, 0.6) is 0 Å². The lowest BCUT2D eigenvalue weighted by molar-refractivity contribution is 0.290. The maximum atomic E-state index is 3.65. The minimum atomic E-state index is 0.744. The van der Waals surface area contributed by atoms with Crippen molar-refractivity contribution in [2.75, 3.05) is 26.2 Å². The van der Waals surface area contributed by atoms with Gasteiger partial charge in [-0.25, -0.2) is 0 Å². The monoisotopic (exact) mass is 254 g/mol. The van der Waals surface area contributed by atoms with E-state index in [1.165, 1.54) is 58.3 Å². The van der Waals surface area contributed by atoms with Crippen molar-refractivity contribution in [1.82, 2.24) is 10.2 Å². The average molecular weight is 254 g/mol. The van der Waals surface area contributed by atoms with Gasteiger partial charge in [-0.15, -0.1) is 0 Å². The first kappa shape index (κ1) is 16.0. The third kappa shape index (κ3) is 5.71. The summed E-state index contributed by atoms with van der Waals surface area (Å²) in [5.74, 6) is 1.81. The summed E-state index contributed by atoms with van der Waals surface area (Å²) in [6, 6.07) is 0.744. The fourth-order valence-corrected chi connectivity index (χ4v) is 2.97. The van der Waals surface area contributed by atoms with Gasteiger partial charge in [0.2, 0.25) is 0 Å². The lowest BCUT2D eigenvalue weighted by Crippen LogP contribution is -2.30. The molecule has 1 N–H and O–H groups in total. The van der Waals surface area contributed by atoms with E-state index in [2.05, 4.69) is 37.9 Å². The quantitative estimate of drug-likeness (QED) is 0.677. The second-order valence-electron chi connectivity index (χ2n) is 6.29. The van der Waals surface area contributed by atoms with E-state index < -0.39 is 0 Å². The molecule has 2 unspecified atom stereocenters. The minimum absolute atomic E-state index is 0.744. The predicted octanol–water partition coefficient (Wildman–Crippen LogP) is 3.52. The van der Waals surface area contributed by atoms with Crippen molar-refractivity contribution in [3.63, 3.8) is 0 Å². The molecule has 1 rings (SSSR count). The fraction of sp³-hybridized carbons (Fsp3) is 1.00. The third-order valence-electron chi connectivity index (χ3n) is 4.45. The second-order valence-corrected chi connectivity index (χ2v) is 6.29. The zero-order valence-electron chi connectivity index (χ0n) is 13.0. The van der Waals surface area contributed by atoms with Crippen LogP contribution >= 0.6 is 0 Å². The Balaban J connectivity index is 2.10. The molecule has 0 aromatic heterocycles. The van der Waals surface area contributed by atoms with E-state index in [1.54, 1.807) is 0 Å². The molecule has 1 aliphatic heterocycles. The smallest absolute Gasteiger partial charge is 0.00649 e. The second kappa shape index (κ2) is 8.92. The largest absolute Gasteiger partial charge is 0.314 e. The maximum Gasteiger partial charge on any atom is 0.00649 e. The lowest BCUT2D eigenvalue weighted by atomic mass is 9.95. The molecule has 2 atom stereocenters. The van der Waals surface area contributed by atoms with Gasteiger partial charge in [0.15, 0.2) is 0 Å². The van der Waals surface area contributed by atoms with Crippen LogP contribution in [0.1, 0.15) is 59.8 Å². The van der Waals surface area contributed by atoms with E-state index in [1.807, 2.05) is 0 Å². The molecule has 1 aliphatic rings. The van der Waals surface area contributed by atoms with Crippen LogP contribution in [0.25, 0.3) is 0 Å². The van der Waals surface area contributed by atoms with Gasteiger partial charge < -0.3 is 10.2 Å². The predicted molar refractivity (Wildman–Crippen MR) is 81.0 cm³/mol. The lowest BCUT2D eigenvalue weighted by Gasteiger charge is -2.20. The molecule has 2 nitrogen and oxygen atoms in total. The fourth-order valence-electron chi connectivity index (χ4n) is 2.97. The SMILES string of the molecule is CCCNC(CC)CCCN1CCC(C(C)C)C1. The van der Waals surface area contributed by atoms with Crippen LogP contribution in [0.2, 0.25) is 0 Å². The Morgan fingerprint density at radius 2 is 2.06 bits per heavy atom. The topological polar surface area (TPSA) is 15.3 Å². The van der Waals surface area contributed by atoms with Crippen molar-refractivity contribution < 1.29 is 0 Å². The Morgan fingerprint density at radius 3 is 2.61 bits per heavy atom. The molecular weight excluding hydrogens is 220 g/mol. The Morgan fingerprint density at radius 1 is 1.28 bits per heavy atom. The number of hydrogen-bond donors (Lipinski definition) is 1. The van der Waals surface area contributed by atoms with Crippen LogP contribution in [-0.2, 0) is 0 Å². The van der Waals surface area contributed by atoms with E-state index in [9.17, 15) is 0 Å². The summed E-state index contributed by atoms with van der Waals surface area (Å²) in [5, 5.41) is 3.65. The Hall–Kier alpha value is -0.0800. The summed E-state index contributed by atoms with van der Waals surface area (Å²) < 4.78 is 0. The molecule has 0 aromatic rings. The van der Waals surface area contributed by atoms with Crippen molar-refractivity contribution in [2.45, 2.75) is 65.8 Å². The van der Waals surface area contributed by atoms with Crippen LogP contribution in [-0.4, -0.2) is 37.1 Å². The summed E-state index contributed by atoms with van der Waals surface area (Å²) in [7, 11) is 0. The normalized spacial score (nSPS) is 22.8. The molecule has 1 fully saturated rings. The Labute approximate surface area is 115 Å². The number of nitrogens with one attached hydrogen (secondary N) is 1. The van der Waals surface area contributed by atoms with Crippen molar-refractivity contribution in [3.05, 3.63) is 0 Å². The van der Waals surface area contributed by atoms with Gasteiger partial charge >= 0.3 is 0 Å². The molecule has 108 valence electrons. The average Bonchev–Trinajstić information content (AvgIpc) is 2.82. The number of likely N-dealkylation sites (tertiary alicyclic amines) is 1. The van der Waals surface area contributed by atoms with Crippen LogP contribution in [0.15, 0.2) is 0 Å². The Kier molecular flexibility index (Phi) is 7.92. The molecule has 0 bridgehead atoms. The van der Waals surface area contributed by atoms with E-state index in [4.69, 9.17) is 0 Å². The molecule has 0 aliphatic carbocycles. The first-order valence-electron chi connectivity index (χ1n) is 8.13. The highest BCUT2D eigenvalue weighted by molar-refractivity contribution is 4.78. The van der Waals surface area contributed by atoms with Crippen LogP contribution < -0.4 is 5.32 Å². The molecular formula is C16H34N2. The number of hydrogen-bond acceptors (Lipinski definition) is 2. The number of rotatable bonds is 9. The van der Waals surface area contributed by atoms with Gasteiger partial charge in [-0.2, -0.15) is 0 Å². The van der Waals surface area contributed by atoms with Crippen molar-refractivity contribution in [1.29, 1.82) is 0 Å². The van der Waals surface area contributed by atoms with Crippen LogP contribution in [0, 0.1) is 11.8 Å². The van der Waals surface area contributed by atoms with E-state index >= 15 is 0 Å². The van der Waals surface area contributed by atoms with Gasteiger partial charge in [0, 0.05) is 12.6 Å². The molecule has 18 heavy (non-hydrogen) atoms. The van der Waals surface area contributed by atoms with Crippen LogP contribution in [0.3, 0.4) is 0 Å². The van der Waals surface area contributed by atoms with E-state index in [0.29, 0.717) is 0 Å². The minimum Gasteiger partial charge on any atom is -0.314 e. The highest BCUT2D eigenvalue weighted by Gasteiger charge is 2.24. The van der Waals surface area contributed by atoms with Gasteiger partial charge in [0.1, 0.15) is 0 Å². The van der Waals surface area contributed by atoms with Crippen LogP contribution in [0.4, 0.5) is 0 Å². The molecule has 2 heteroatoms.